The van der Waals surface area contributed by atoms with Gasteiger partial charge in [-0.15, -0.1) is 0 Å². The van der Waals surface area contributed by atoms with Crippen LogP contribution >= 0.6 is 7.82 Å². The molecule has 0 aromatic heterocycles. The lowest BCUT2D eigenvalue weighted by Gasteiger charge is -2.29. The van der Waals surface area contributed by atoms with Gasteiger partial charge in [0, 0.05) is 0 Å². The molecule has 0 atom stereocenters. The molecule has 0 unspecified atom stereocenters. The van der Waals surface area contributed by atoms with Gasteiger partial charge in [-0.2, -0.15) is 0 Å². The molecule has 0 heterocycles. The van der Waals surface area contributed by atoms with E-state index in [0.717, 1.165) is 23.9 Å². The maximum absolute atomic E-state index is 10.4. The molecule has 6 heteroatoms. The summed E-state index contributed by atoms with van der Waals surface area (Å²) in [6.07, 6.45) is 2.24. The second-order valence-electron chi connectivity index (χ2n) is 4.06. The van der Waals surface area contributed by atoms with Crippen LogP contribution in [0.3, 0.4) is 0 Å². The smallest absolute Gasteiger partial charge is 0.327 e. The first kappa shape index (κ1) is 14.1. The molecule has 5 nitrogen and oxygen atoms in total. The van der Waals surface area contributed by atoms with Crippen molar-refractivity contribution in [3.05, 3.63) is 0 Å². The fourth-order valence-corrected chi connectivity index (χ4v) is 1.42. The van der Waals surface area contributed by atoms with E-state index in [0.29, 0.717) is 6.54 Å². The topological polar surface area (TPSA) is 66.8 Å². The van der Waals surface area contributed by atoms with Crippen molar-refractivity contribution in [1.29, 1.82) is 0 Å². The average Bonchev–Trinajstić information content (AvgIpc) is 1.98. The summed E-state index contributed by atoms with van der Waals surface area (Å²) < 4.78 is 15.5. The number of phosphoric acid groups is 1. The quantitative estimate of drug-likeness (QED) is 0.501. The molecular formula is C8H21NO4P+. The van der Waals surface area contributed by atoms with Crippen LogP contribution in [0.5, 0.6) is 0 Å². The Morgan fingerprint density at radius 2 is 1.86 bits per heavy atom. The summed E-state index contributed by atoms with van der Waals surface area (Å²) >= 11 is 0. The van der Waals surface area contributed by atoms with Crippen LogP contribution in [-0.2, 0) is 9.09 Å². The number of quaternary nitrogens is 1. The van der Waals surface area contributed by atoms with Gasteiger partial charge in [-0.3, -0.25) is 4.52 Å². The monoisotopic (exact) mass is 226 g/mol. The zero-order valence-corrected chi connectivity index (χ0v) is 10.0. The van der Waals surface area contributed by atoms with Crippen molar-refractivity contribution < 1.29 is 23.4 Å². The lowest BCUT2D eigenvalue weighted by molar-refractivity contribution is -0.890. The van der Waals surface area contributed by atoms with Gasteiger partial charge in [0.1, 0.15) is 13.2 Å². The molecule has 2 N–H and O–H groups in total. The molecule has 0 aliphatic heterocycles. The minimum atomic E-state index is -4.29. The van der Waals surface area contributed by atoms with Gasteiger partial charge in [-0.1, -0.05) is 13.3 Å². The zero-order valence-electron chi connectivity index (χ0n) is 9.14. The number of unbranched alkanes of at least 4 members (excludes halogenated alkanes) is 1. The predicted molar refractivity (Wildman–Crippen MR) is 54.7 cm³/mol. The minimum Gasteiger partial charge on any atom is -0.327 e. The Hall–Kier alpha value is 0.0700. The molecule has 0 amide bonds. The summed E-state index contributed by atoms with van der Waals surface area (Å²) in [7, 11) is -0.235. The number of nitrogens with zero attached hydrogens (tertiary/aromatic N) is 1. The Morgan fingerprint density at radius 3 is 2.29 bits per heavy atom. The van der Waals surface area contributed by atoms with Crippen LogP contribution in [0, 0.1) is 0 Å². The Balaban J connectivity index is 3.70. The van der Waals surface area contributed by atoms with E-state index in [1.165, 1.54) is 0 Å². The summed E-state index contributed by atoms with van der Waals surface area (Å²) in [6.45, 7) is 3.83. The van der Waals surface area contributed by atoms with E-state index in [4.69, 9.17) is 9.79 Å². The van der Waals surface area contributed by atoms with Crippen molar-refractivity contribution in [3.8, 4) is 0 Å². The van der Waals surface area contributed by atoms with Crippen LogP contribution < -0.4 is 0 Å². The number of likely N-dealkylation sites (N-methyl/N-ethyl adjacent to an activating group) is 1. The van der Waals surface area contributed by atoms with Crippen molar-refractivity contribution in [3.63, 3.8) is 0 Å². The molecule has 0 aromatic rings. The lowest BCUT2D eigenvalue weighted by atomic mass is 10.3. The molecule has 0 aromatic carbocycles. The second-order valence-corrected chi connectivity index (χ2v) is 5.30. The van der Waals surface area contributed by atoms with Crippen LogP contribution in [0.15, 0.2) is 0 Å². The third-order valence-electron chi connectivity index (χ3n) is 2.07. The minimum absolute atomic E-state index is 0.0982. The first-order valence-corrected chi connectivity index (χ1v) is 6.32. The number of hydrogen-bond donors (Lipinski definition) is 2. The molecule has 0 saturated carbocycles. The summed E-state index contributed by atoms with van der Waals surface area (Å²) in [6, 6.07) is 0. The molecule has 0 spiro atoms. The maximum Gasteiger partial charge on any atom is 0.469 e. The number of rotatable bonds is 7. The van der Waals surface area contributed by atoms with Crippen molar-refractivity contribution in [2.45, 2.75) is 19.8 Å². The first-order valence-electron chi connectivity index (χ1n) is 4.79. The van der Waals surface area contributed by atoms with E-state index >= 15 is 0 Å². The maximum atomic E-state index is 10.4. The summed E-state index contributed by atoms with van der Waals surface area (Å²) in [4.78, 5) is 16.9. The van der Waals surface area contributed by atoms with Gasteiger partial charge in [0.25, 0.3) is 0 Å². The standard InChI is InChI=1S/C8H20NO4P/c1-4-5-6-9(2,3)7-8-13-14(10,11)12/h4-8H2,1-3H3,(H-,10,11,12)/p+1. The van der Waals surface area contributed by atoms with E-state index in [9.17, 15) is 4.57 Å². The number of phosphoric ester groups is 1. The van der Waals surface area contributed by atoms with Crippen LogP contribution in [0.2, 0.25) is 0 Å². The molecule has 14 heavy (non-hydrogen) atoms. The normalized spacial score (nSPS) is 13.2. The van der Waals surface area contributed by atoms with Crippen molar-refractivity contribution in [2.24, 2.45) is 0 Å². The summed E-state index contributed by atoms with van der Waals surface area (Å²) in [5.74, 6) is 0. The fourth-order valence-electron chi connectivity index (χ4n) is 1.10. The van der Waals surface area contributed by atoms with Crippen molar-refractivity contribution in [2.75, 3.05) is 33.8 Å². The lowest BCUT2D eigenvalue weighted by Crippen LogP contribution is -2.42. The molecule has 0 fully saturated rings. The van der Waals surface area contributed by atoms with E-state index < -0.39 is 7.82 Å². The third kappa shape index (κ3) is 8.66. The number of hydrogen-bond acceptors (Lipinski definition) is 2. The largest absolute Gasteiger partial charge is 0.469 e. The van der Waals surface area contributed by atoms with Crippen molar-refractivity contribution in [1.82, 2.24) is 0 Å². The molecular weight excluding hydrogens is 205 g/mol. The van der Waals surface area contributed by atoms with Gasteiger partial charge >= 0.3 is 7.82 Å². The van der Waals surface area contributed by atoms with Gasteiger partial charge in [0.05, 0.1) is 20.6 Å². The first-order chi connectivity index (χ1) is 6.27. The highest BCUT2D eigenvalue weighted by molar-refractivity contribution is 7.46. The Kier molecular flexibility index (Phi) is 5.86. The summed E-state index contributed by atoms with van der Waals surface area (Å²) in [5.41, 5.74) is 0. The molecule has 0 bridgehead atoms. The van der Waals surface area contributed by atoms with Crippen LogP contribution in [-0.4, -0.2) is 48.1 Å². The molecule has 0 aliphatic rings. The van der Waals surface area contributed by atoms with Crippen LogP contribution in [0.25, 0.3) is 0 Å². The molecule has 0 aliphatic carbocycles. The third-order valence-corrected chi connectivity index (χ3v) is 2.59. The average molecular weight is 226 g/mol. The Morgan fingerprint density at radius 1 is 1.29 bits per heavy atom. The second kappa shape index (κ2) is 5.83. The summed E-state index contributed by atoms with van der Waals surface area (Å²) in [5, 5.41) is 0. The van der Waals surface area contributed by atoms with E-state index in [1.807, 2.05) is 14.1 Å². The highest BCUT2D eigenvalue weighted by Gasteiger charge is 2.18. The van der Waals surface area contributed by atoms with Gasteiger partial charge in [-0.25, -0.2) is 4.57 Å². The van der Waals surface area contributed by atoms with Gasteiger partial charge in [0.2, 0.25) is 0 Å². The van der Waals surface area contributed by atoms with E-state index in [-0.39, 0.29) is 6.61 Å². The fraction of sp³-hybridized carbons (Fsp3) is 1.00. The Labute approximate surface area is 85.5 Å². The molecule has 0 radical (unpaired) electrons. The Bertz CT molecular complexity index is 202. The van der Waals surface area contributed by atoms with Gasteiger partial charge in [0.15, 0.2) is 0 Å². The van der Waals surface area contributed by atoms with Gasteiger partial charge < -0.3 is 14.3 Å². The van der Waals surface area contributed by atoms with Crippen LogP contribution in [0.4, 0.5) is 0 Å². The van der Waals surface area contributed by atoms with Crippen LogP contribution in [0.1, 0.15) is 19.8 Å². The SMILES string of the molecule is CCCC[N+](C)(C)CCOP(=O)(O)O. The molecule has 0 saturated heterocycles. The van der Waals surface area contributed by atoms with E-state index in [1.54, 1.807) is 0 Å². The predicted octanol–water partition coefficient (Wildman–Crippen LogP) is 0.972. The van der Waals surface area contributed by atoms with Crippen molar-refractivity contribution >= 4 is 7.82 Å². The molecule has 86 valence electrons. The highest BCUT2D eigenvalue weighted by Crippen LogP contribution is 2.35. The highest BCUT2D eigenvalue weighted by atomic mass is 31.2. The zero-order chi connectivity index (χ0) is 11.2. The van der Waals surface area contributed by atoms with Gasteiger partial charge in [-0.05, 0) is 6.42 Å². The van der Waals surface area contributed by atoms with E-state index in [2.05, 4.69) is 11.4 Å². The molecule has 0 rings (SSSR count).